The quantitative estimate of drug-likeness (QED) is 0.0165. The molecular formula is C59H98N18O16. The molecule has 23 N–H and O–H groups in total. The van der Waals surface area contributed by atoms with E-state index in [-0.39, 0.29) is 69.3 Å². The molecule has 520 valence electrons. The topological polar surface area (TPSA) is 563 Å². The van der Waals surface area contributed by atoms with E-state index < -0.39 is 187 Å². The van der Waals surface area contributed by atoms with E-state index in [1.165, 1.54) is 27.7 Å². The summed E-state index contributed by atoms with van der Waals surface area (Å²) in [4.78, 5) is 201. The molecule has 1 rings (SSSR count). The third kappa shape index (κ3) is 32.4. The standard InChI is InChI=1S/C59H98N18O16/c1-11-31(6)47(58(93)76-42(26-36-16-13-12-14-17-36)57(92)72-38(19-21-43(61)78)53(88)69-32(7)48(62)83)77-51(86)34(9)68-45(80)28-66-52(87)37(18-15-23-65-59(63)64)71-50(85)35(10)70-55(90)40(24-29(2)3)75-54(89)39(20-22-46(81)82)73-56(91)41(25-30(4)5)74-49(84)33(8)67-44(79)27-60/h12-14,16-17,29-35,37-42,47H,11,15,18-28,60H2,1-10H3,(H2,61,78)(H2,62,83)(H,66,87)(H,67,79)(H,68,80)(H,69,88)(H,70,90)(H,71,85)(H,72,92)(H,73,91)(H,74,84)(H,75,89)(H,76,93)(H,77,86)(H,81,82)(H4,63,64,65)/t31-,32-,33-,34-,35-,37-,38-,39-,40-,41-,42-,47-/m0/s1. The zero-order valence-electron chi connectivity index (χ0n) is 54.6. The molecule has 34 heteroatoms. The summed E-state index contributed by atoms with van der Waals surface area (Å²) in [5, 5.41) is 39.4. The van der Waals surface area contributed by atoms with E-state index in [2.05, 4.69) is 68.8 Å². The number of hydrogen-bond acceptors (Lipinski definition) is 17. The summed E-state index contributed by atoms with van der Waals surface area (Å²) in [7, 11) is 0. The molecule has 0 heterocycles. The molecule has 34 nitrogen and oxygen atoms in total. The van der Waals surface area contributed by atoms with Gasteiger partial charge in [0, 0.05) is 25.8 Å². The van der Waals surface area contributed by atoms with E-state index >= 15 is 0 Å². The highest BCUT2D eigenvalue weighted by Gasteiger charge is 2.36. The van der Waals surface area contributed by atoms with Crippen LogP contribution < -0.4 is 92.5 Å². The zero-order chi connectivity index (χ0) is 70.8. The van der Waals surface area contributed by atoms with Crippen molar-refractivity contribution in [3.05, 3.63) is 35.9 Å². The van der Waals surface area contributed by atoms with Gasteiger partial charge in [-0.3, -0.25) is 76.9 Å². The number of guanidine groups is 1. The lowest BCUT2D eigenvalue weighted by atomic mass is 9.96. The van der Waals surface area contributed by atoms with Crippen LogP contribution in [0.5, 0.6) is 0 Å². The maximum atomic E-state index is 14.2. The van der Waals surface area contributed by atoms with Crippen molar-refractivity contribution in [3.63, 3.8) is 0 Å². The van der Waals surface area contributed by atoms with Crippen LogP contribution in [0.25, 0.3) is 0 Å². The van der Waals surface area contributed by atoms with E-state index in [4.69, 9.17) is 28.7 Å². The number of carbonyl (C=O) groups excluding carboxylic acids is 14. The Bertz CT molecular complexity index is 2780. The Kier molecular flexibility index (Phi) is 36.6. The van der Waals surface area contributed by atoms with Crippen LogP contribution in [0.3, 0.4) is 0 Å². The van der Waals surface area contributed by atoms with E-state index in [1.807, 2.05) is 0 Å². The number of carboxylic acids is 1. The van der Waals surface area contributed by atoms with Crippen molar-refractivity contribution in [3.8, 4) is 0 Å². The molecule has 0 fully saturated rings. The Morgan fingerprint density at radius 3 is 1.38 bits per heavy atom. The molecule has 1 aromatic rings. The molecule has 0 spiro atoms. The van der Waals surface area contributed by atoms with Crippen molar-refractivity contribution in [2.75, 3.05) is 19.6 Å². The minimum absolute atomic E-state index is 0.000201. The van der Waals surface area contributed by atoms with Crippen LogP contribution in [0, 0.1) is 17.8 Å². The van der Waals surface area contributed by atoms with Gasteiger partial charge in [-0.05, 0) is 89.5 Å². The summed E-state index contributed by atoms with van der Waals surface area (Å²) in [6.07, 6.45) is -1.45. The molecule has 93 heavy (non-hydrogen) atoms. The van der Waals surface area contributed by atoms with Gasteiger partial charge < -0.3 is 97.6 Å². The molecule has 0 saturated carbocycles. The predicted molar refractivity (Wildman–Crippen MR) is 339 cm³/mol. The second-order valence-electron chi connectivity index (χ2n) is 23.4. The molecule has 0 bridgehead atoms. The Morgan fingerprint density at radius 1 is 0.462 bits per heavy atom. The van der Waals surface area contributed by atoms with Gasteiger partial charge in [-0.15, -0.1) is 0 Å². The van der Waals surface area contributed by atoms with Crippen LogP contribution in [-0.4, -0.2) is 186 Å². The lowest BCUT2D eigenvalue weighted by molar-refractivity contribution is -0.139. The Labute approximate surface area is 540 Å². The normalized spacial score (nSPS) is 14.8. The number of amides is 14. The maximum absolute atomic E-state index is 14.2. The van der Waals surface area contributed by atoms with Gasteiger partial charge >= 0.3 is 5.97 Å². The first-order chi connectivity index (χ1) is 43.5. The first-order valence-corrected chi connectivity index (χ1v) is 30.7. The first kappa shape index (κ1) is 81.5. The number of nitrogens with two attached hydrogens (primary N) is 5. The number of primary amides is 2. The summed E-state index contributed by atoms with van der Waals surface area (Å²) in [5.41, 5.74) is 27.5. The summed E-state index contributed by atoms with van der Waals surface area (Å²) >= 11 is 0. The van der Waals surface area contributed by atoms with Gasteiger partial charge in [-0.25, -0.2) is 0 Å². The number of carboxylic acid groups (broad SMARTS) is 1. The second-order valence-corrected chi connectivity index (χ2v) is 23.4. The highest BCUT2D eigenvalue weighted by molar-refractivity contribution is 5.99. The molecule has 12 atom stereocenters. The highest BCUT2D eigenvalue weighted by atomic mass is 16.4. The van der Waals surface area contributed by atoms with Crippen LogP contribution in [0.1, 0.15) is 133 Å². The molecule has 0 aromatic heterocycles. The van der Waals surface area contributed by atoms with Crippen molar-refractivity contribution in [2.24, 2.45) is 51.4 Å². The minimum Gasteiger partial charge on any atom is -0.481 e. The van der Waals surface area contributed by atoms with E-state index in [1.54, 1.807) is 71.9 Å². The molecule has 0 aliphatic rings. The highest BCUT2D eigenvalue weighted by Crippen LogP contribution is 2.14. The number of benzene rings is 1. The maximum Gasteiger partial charge on any atom is 0.303 e. The lowest BCUT2D eigenvalue weighted by Crippen LogP contribution is -2.60. The van der Waals surface area contributed by atoms with Crippen molar-refractivity contribution >= 4 is 94.6 Å². The first-order valence-electron chi connectivity index (χ1n) is 30.7. The van der Waals surface area contributed by atoms with Gasteiger partial charge in [0.2, 0.25) is 82.7 Å². The molecular weight excluding hydrogens is 1220 g/mol. The van der Waals surface area contributed by atoms with Gasteiger partial charge in [0.15, 0.2) is 5.96 Å². The van der Waals surface area contributed by atoms with Crippen molar-refractivity contribution in [1.82, 2.24) is 63.8 Å². The molecule has 0 saturated heterocycles. The fourth-order valence-electron chi connectivity index (χ4n) is 8.76. The Hall–Kier alpha value is -9.50. The second kappa shape index (κ2) is 41.8. The zero-order valence-corrected chi connectivity index (χ0v) is 54.6. The van der Waals surface area contributed by atoms with Gasteiger partial charge in [-0.2, -0.15) is 0 Å². The fraction of sp³-hybridized carbons (Fsp3) is 0.627. The number of hydrogen-bond donors (Lipinski definition) is 18. The smallest absolute Gasteiger partial charge is 0.303 e. The summed E-state index contributed by atoms with van der Waals surface area (Å²) in [6.45, 7) is 14.4. The Balaban J connectivity index is 3.32. The van der Waals surface area contributed by atoms with Crippen molar-refractivity contribution < 1.29 is 77.0 Å². The van der Waals surface area contributed by atoms with Gasteiger partial charge in [0.25, 0.3) is 0 Å². The minimum atomic E-state index is -1.55. The van der Waals surface area contributed by atoms with Crippen molar-refractivity contribution in [2.45, 2.75) is 200 Å². The number of rotatable bonds is 43. The average molecular weight is 1320 g/mol. The van der Waals surface area contributed by atoms with Gasteiger partial charge in [0.1, 0.15) is 66.5 Å². The van der Waals surface area contributed by atoms with Gasteiger partial charge in [0.05, 0.1) is 13.1 Å². The summed E-state index contributed by atoms with van der Waals surface area (Å²) in [6, 6.07) is -6.25. The molecule has 0 unspecified atom stereocenters. The Morgan fingerprint density at radius 2 is 0.882 bits per heavy atom. The largest absolute Gasteiger partial charge is 0.481 e. The molecule has 0 aliphatic heterocycles. The number of nitrogens with zero attached hydrogens (tertiary/aromatic N) is 1. The van der Waals surface area contributed by atoms with Gasteiger partial charge in [-0.1, -0.05) is 78.3 Å². The summed E-state index contributed by atoms with van der Waals surface area (Å²) < 4.78 is 0. The van der Waals surface area contributed by atoms with E-state index in [9.17, 15) is 77.0 Å². The molecule has 1 aromatic carbocycles. The fourth-order valence-corrected chi connectivity index (χ4v) is 8.76. The third-order valence-corrected chi connectivity index (χ3v) is 14.2. The van der Waals surface area contributed by atoms with Crippen LogP contribution in [0.4, 0.5) is 0 Å². The predicted octanol–water partition coefficient (Wildman–Crippen LogP) is -5.48. The number of aliphatic imine (C=N–C) groups is 1. The number of aliphatic carboxylic acids is 1. The van der Waals surface area contributed by atoms with Crippen LogP contribution in [0.15, 0.2) is 35.3 Å². The number of carbonyl (C=O) groups is 15. The monoisotopic (exact) mass is 1310 g/mol. The third-order valence-electron chi connectivity index (χ3n) is 14.2. The molecule has 0 aliphatic carbocycles. The van der Waals surface area contributed by atoms with E-state index in [0.717, 1.165) is 0 Å². The summed E-state index contributed by atoms with van der Waals surface area (Å²) in [5.74, 6) is -14.5. The molecule has 14 amide bonds. The lowest BCUT2D eigenvalue weighted by Gasteiger charge is -2.28. The van der Waals surface area contributed by atoms with Crippen LogP contribution >= 0.6 is 0 Å². The van der Waals surface area contributed by atoms with Crippen LogP contribution in [0.2, 0.25) is 0 Å². The average Bonchev–Trinajstić information content (AvgIpc) is 0.986. The van der Waals surface area contributed by atoms with E-state index in [0.29, 0.717) is 12.0 Å². The van der Waals surface area contributed by atoms with Crippen LogP contribution in [-0.2, 0) is 78.3 Å². The molecule has 0 radical (unpaired) electrons. The SMILES string of the molecule is CC[C@H](C)[C@H](NC(=O)[C@H](C)NC(=O)CNC(=O)[C@H](CCCN=C(N)N)NC(=O)[C@H](C)NC(=O)[C@H](CC(C)C)NC(=O)[C@H](CCC(=O)O)NC(=O)[C@H](CC(C)C)NC(=O)[C@H](C)NC(=O)CN)C(=O)N[C@@H](Cc1ccccc1)C(=O)N[C@@H](CCC(N)=O)C(=O)N[C@@H](C)C(N)=O. The van der Waals surface area contributed by atoms with Crippen molar-refractivity contribution in [1.29, 1.82) is 0 Å². The number of nitrogens with one attached hydrogen (secondary N) is 12.